The van der Waals surface area contributed by atoms with Gasteiger partial charge < -0.3 is 5.11 Å². The number of carboxylic acids is 1. The molecule has 1 N–H and O–H groups in total. The van der Waals surface area contributed by atoms with Crippen molar-refractivity contribution in [3.8, 4) is 0 Å². The summed E-state index contributed by atoms with van der Waals surface area (Å²) in [6.45, 7) is 5.97. The first-order valence-corrected chi connectivity index (χ1v) is 5.71. The van der Waals surface area contributed by atoms with Crippen LogP contribution in [0.5, 0.6) is 0 Å². The van der Waals surface area contributed by atoms with Crippen molar-refractivity contribution in [2.45, 2.75) is 52.9 Å². The quantitative estimate of drug-likeness (QED) is 0.676. The standard InChI is InChI=1S/C12H22O3/c1-4-10(3)11(13)7-5-9(2)6-8-12(14)15/h9-10H,4-8H2,1-3H3,(H,14,15). The van der Waals surface area contributed by atoms with Crippen LogP contribution in [-0.2, 0) is 9.59 Å². The molecule has 2 unspecified atom stereocenters. The summed E-state index contributed by atoms with van der Waals surface area (Å²) in [6.07, 6.45) is 3.18. The third kappa shape index (κ3) is 7.11. The summed E-state index contributed by atoms with van der Waals surface area (Å²) in [5.41, 5.74) is 0. The molecule has 0 radical (unpaired) electrons. The van der Waals surface area contributed by atoms with Gasteiger partial charge in [-0.2, -0.15) is 0 Å². The van der Waals surface area contributed by atoms with Gasteiger partial charge in [-0.05, 0) is 25.2 Å². The molecule has 0 saturated heterocycles. The number of carbonyl (C=O) groups is 2. The van der Waals surface area contributed by atoms with Crippen molar-refractivity contribution < 1.29 is 14.7 Å². The van der Waals surface area contributed by atoms with Crippen LogP contribution in [-0.4, -0.2) is 16.9 Å². The highest BCUT2D eigenvalue weighted by molar-refractivity contribution is 5.80. The van der Waals surface area contributed by atoms with Gasteiger partial charge in [0.05, 0.1) is 0 Å². The van der Waals surface area contributed by atoms with Crippen molar-refractivity contribution in [3.05, 3.63) is 0 Å². The molecule has 15 heavy (non-hydrogen) atoms. The molecule has 0 heterocycles. The van der Waals surface area contributed by atoms with E-state index in [1.807, 2.05) is 20.8 Å². The zero-order chi connectivity index (χ0) is 11.8. The lowest BCUT2D eigenvalue weighted by molar-refractivity contribution is -0.137. The molecule has 88 valence electrons. The van der Waals surface area contributed by atoms with Crippen LogP contribution >= 0.6 is 0 Å². The van der Waals surface area contributed by atoms with E-state index in [0.717, 1.165) is 12.8 Å². The Hall–Kier alpha value is -0.860. The van der Waals surface area contributed by atoms with E-state index in [4.69, 9.17) is 5.11 Å². The highest BCUT2D eigenvalue weighted by Gasteiger charge is 2.12. The van der Waals surface area contributed by atoms with Gasteiger partial charge in [0.1, 0.15) is 5.78 Å². The van der Waals surface area contributed by atoms with E-state index >= 15 is 0 Å². The van der Waals surface area contributed by atoms with Gasteiger partial charge >= 0.3 is 5.97 Å². The minimum Gasteiger partial charge on any atom is -0.481 e. The molecule has 0 aliphatic carbocycles. The molecule has 0 rings (SSSR count). The number of Topliss-reactive ketones (excluding diaryl/α,β-unsaturated/α-hetero) is 1. The second kappa shape index (κ2) is 7.43. The maximum Gasteiger partial charge on any atom is 0.303 e. The molecule has 2 atom stereocenters. The van der Waals surface area contributed by atoms with Crippen LogP contribution in [0.2, 0.25) is 0 Å². The number of carboxylic acid groups (broad SMARTS) is 1. The number of rotatable bonds is 8. The predicted molar refractivity (Wildman–Crippen MR) is 59.7 cm³/mol. The van der Waals surface area contributed by atoms with Crippen LogP contribution in [0, 0.1) is 11.8 Å². The van der Waals surface area contributed by atoms with Crippen LogP contribution in [0.25, 0.3) is 0 Å². The molecule has 0 saturated carbocycles. The third-order valence-corrected chi connectivity index (χ3v) is 2.90. The van der Waals surface area contributed by atoms with E-state index in [1.165, 1.54) is 0 Å². The smallest absolute Gasteiger partial charge is 0.303 e. The molecule has 0 amide bonds. The Morgan fingerprint density at radius 2 is 1.67 bits per heavy atom. The summed E-state index contributed by atoms with van der Waals surface area (Å²) < 4.78 is 0. The van der Waals surface area contributed by atoms with E-state index < -0.39 is 5.97 Å². The summed E-state index contributed by atoms with van der Waals surface area (Å²) in [6, 6.07) is 0. The minimum atomic E-state index is -0.755. The van der Waals surface area contributed by atoms with E-state index in [-0.39, 0.29) is 12.3 Å². The largest absolute Gasteiger partial charge is 0.481 e. The predicted octanol–water partition coefficient (Wildman–Crippen LogP) is 2.88. The maximum atomic E-state index is 11.5. The average molecular weight is 214 g/mol. The second-order valence-electron chi connectivity index (χ2n) is 4.35. The highest BCUT2D eigenvalue weighted by atomic mass is 16.4. The summed E-state index contributed by atoms with van der Waals surface area (Å²) in [7, 11) is 0. The van der Waals surface area contributed by atoms with E-state index in [9.17, 15) is 9.59 Å². The molecule has 0 aromatic carbocycles. The Morgan fingerprint density at radius 3 is 2.13 bits per heavy atom. The summed E-state index contributed by atoms with van der Waals surface area (Å²) in [5, 5.41) is 8.50. The zero-order valence-electron chi connectivity index (χ0n) is 9.95. The second-order valence-corrected chi connectivity index (χ2v) is 4.35. The van der Waals surface area contributed by atoms with Gasteiger partial charge in [0.25, 0.3) is 0 Å². The number of hydrogen-bond donors (Lipinski definition) is 1. The molecular weight excluding hydrogens is 192 g/mol. The van der Waals surface area contributed by atoms with E-state index in [2.05, 4.69) is 0 Å². The fraction of sp³-hybridized carbons (Fsp3) is 0.833. The van der Waals surface area contributed by atoms with Crippen molar-refractivity contribution in [1.82, 2.24) is 0 Å². The number of aliphatic carboxylic acids is 1. The molecule has 0 aromatic rings. The number of carbonyl (C=O) groups excluding carboxylic acids is 1. The van der Waals surface area contributed by atoms with Crippen molar-refractivity contribution in [2.75, 3.05) is 0 Å². The van der Waals surface area contributed by atoms with Gasteiger partial charge in [-0.15, -0.1) is 0 Å². The topological polar surface area (TPSA) is 54.4 Å². The summed E-state index contributed by atoms with van der Waals surface area (Å²) in [5.74, 6) is 0.0283. The molecule has 0 fully saturated rings. The van der Waals surface area contributed by atoms with Crippen LogP contribution in [0.4, 0.5) is 0 Å². The molecule has 3 nitrogen and oxygen atoms in total. The van der Waals surface area contributed by atoms with Crippen LogP contribution in [0.1, 0.15) is 52.9 Å². The Labute approximate surface area is 91.9 Å². The van der Waals surface area contributed by atoms with Crippen molar-refractivity contribution in [1.29, 1.82) is 0 Å². The molecule has 0 aliphatic rings. The Bertz CT molecular complexity index is 211. The number of ketones is 1. The van der Waals surface area contributed by atoms with Crippen LogP contribution in [0.3, 0.4) is 0 Å². The van der Waals surface area contributed by atoms with E-state index in [0.29, 0.717) is 24.5 Å². The van der Waals surface area contributed by atoms with Crippen molar-refractivity contribution in [3.63, 3.8) is 0 Å². The monoisotopic (exact) mass is 214 g/mol. The van der Waals surface area contributed by atoms with E-state index in [1.54, 1.807) is 0 Å². The molecule has 0 bridgehead atoms. The van der Waals surface area contributed by atoms with Gasteiger partial charge in [-0.1, -0.05) is 20.8 Å². The van der Waals surface area contributed by atoms with Gasteiger partial charge in [0.2, 0.25) is 0 Å². The minimum absolute atomic E-state index is 0.150. The Balaban J connectivity index is 3.66. The lowest BCUT2D eigenvalue weighted by Gasteiger charge is -2.11. The average Bonchev–Trinajstić information content (AvgIpc) is 2.21. The first-order valence-electron chi connectivity index (χ1n) is 5.71. The molecular formula is C12H22O3. The zero-order valence-corrected chi connectivity index (χ0v) is 9.95. The first kappa shape index (κ1) is 14.1. The van der Waals surface area contributed by atoms with Crippen molar-refractivity contribution >= 4 is 11.8 Å². The van der Waals surface area contributed by atoms with Crippen molar-refractivity contribution in [2.24, 2.45) is 11.8 Å². The SMILES string of the molecule is CCC(C)C(=O)CCC(C)CCC(=O)O. The Morgan fingerprint density at radius 1 is 1.13 bits per heavy atom. The third-order valence-electron chi connectivity index (χ3n) is 2.90. The molecule has 0 aromatic heterocycles. The maximum absolute atomic E-state index is 11.5. The van der Waals surface area contributed by atoms with Gasteiger partial charge in [0.15, 0.2) is 0 Å². The molecule has 0 spiro atoms. The normalized spacial score (nSPS) is 14.6. The summed E-state index contributed by atoms with van der Waals surface area (Å²) >= 11 is 0. The lowest BCUT2D eigenvalue weighted by atomic mass is 9.93. The lowest BCUT2D eigenvalue weighted by Crippen LogP contribution is -2.11. The summed E-state index contributed by atoms with van der Waals surface area (Å²) in [4.78, 5) is 21.8. The first-order chi connectivity index (χ1) is 6.97. The fourth-order valence-corrected chi connectivity index (χ4v) is 1.38. The Kier molecular flexibility index (Phi) is 7.01. The van der Waals surface area contributed by atoms with Gasteiger partial charge in [-0.3, -0.25) is 9.59 Å². The molecule has 3 heteroatoms. The number of hydrogen-bond acceptors (Lipinski definition) is 2. The fourth-order valence-electron chi connectivity index (χ4n) is 1.38. The molecule has 0 aliphatic heterocycles. The van der Waals surface area contributed by atoms with Gasteiger partial charge in [-0.25, -0.2) is 0 Å². The van der Waals surface area contributed by atoms with Crippen LogP contribution < -0.4 is 0 Å². The van der Waals surface area contributed by atoms with Gasteiger partial charge in [0, 0.05) is 18.8 Å². The van der Waals surface area contributed by atoms with Crippen LogP contribution in [0.15, 0.2) is 0 Å². The highest BCUT2D eigenvalue weighted by Crippen LogP contribution is 2.15.